The molecule has 9 heteroatoms. The summed E-state index contributed by atoms with van der Waals surface area (Å²) in [5.74, 6) is -0.740. The molecule has 8 nitrogen and oxygen atoms in total. The first-order valence-electron chi connectivity index (χ1n) is 4.88. The Morgan fingerprint density at radius 2 is 2.00 bits per heavy atom. The van der Waals surface area contributed by atoms with Crippen LogP contribution in [-0.2, 0) is 14.2 Å². The molecule has 0 rings (SSSR count). The molecular formula is C8H17N2O6P. The van der Waals surface area contributed by atoms with Crippen molar-refractivity contribution in [2.75, 3.05) is 26.4 Å². The van der Waals surface area contributed by atoms with Crippen molar-refractivity contribution < 1.29 is 29.4 Å². The fraction of sp³-hybridized carbons (Fsp3) is 0.750. The van der Waals surface area contributed by atoms with E-state index in [0.717, 1.165) is 6.66 Å². The Morgan fingerprint density at radius 1 is 1.47 bits per heavy atom. The molecule has 2 atom stereocenters. The molecule has 0 aliphatic carbocycles. The molecule has 0 heterocycles. The van der Waals surface area contributed by atoms with Crippen LogP contribution in [-0.4, -0.2) is 64.1 Å². The number of hydrogen-bond acceptors (Lipinski definition) is 6. The smallest absolute Gasteiger partial charge is 0.262 e. The maximum atomic E-state index is 11.4. The third-order valence-corrected chi connectivity index (χ3v) is 3.04. The van der Waals surface area contributed by atoms with Gasteiger partial charge in [-0.3, -0.25) is 24.7 Å². The molecule has 2 unspecified atom stereocenters. The maximum absolute atomic E-state index is 11.4. The van der Waals surface area contributed by atoms with Crippen molar-refractivity contribution in [2.45, 2.75) is 13.0 Å². The Balaban J connectivity index is 4.19. The van der Waals surface area contributed by atoms with E-state index in [4.69, 9.17) is 15.2 Å². The first-order valence-corrected chi connectivity index (χ1v) is 6.99. The van der Waals surface area contributed by atoms with Gasteiger partial charge in [0.2, 0.25) is 5.52 Å². The van der Waals surface area contributed by atoms with Gasteiger partial charge in [-0.2, -0.15) is 0 Å². The summed E-state index contributed by atoms with van der Waals surface area (Å²) >= 11 is 0. The summed E-state index contributed by atoms with van der Waals surface area (Å²) in [6, 6.07) is -0.901. The number of hydrogen-bond donors (Lipinski definition) is 4. The van der Waals surface area contributed by atoms with Crippen LogP contribution in [0.2, 0.25) is 0 Å². The number of hydroxylamine groups is 2. The van der Waals surface area contributed by atoms with Gasteiger partial charge in [-0.25, -0.2) is 5.06 Å². The molecule has 1 amide bonds. The molecule has 0 aromatic heterocycles. The number of nitrogens with zero attached hydrogens (tertiary/aromatic N) is 1. The fourth-order valence-corrected chi connectivity index (χ4v) is 1.29. The van der Waals surface area contributed by atoms with Crippen molar-refractivity contribution in [3.8, 4) is 0 Å². The molecule has 0 fully saturated rings. The van der Waals surface area contributed by atoms with E-state index in [1.165, 1.54) is 6.92 Å². The highest BCUT2D eigenvalue weighted by molar-refractivity contribution is 7.74. The molecule has 0 aromatic rings. The predicted octanol–water partition coefficient (Wildman–Crippen LogP) is -1.40. The van der Waals surface area contributed by atoms with Crippen LogP contribution < -0.4 is 5.32 Å². The zero-order chi connectivity index (χ0) is 13.6. The summed E-state index contributed by atoms with van der Waals surface area (Å²) in [6.07, 6.45) is 0. The first-order chi connectivity index (χ1) is 7.70. The third kappa shape index (κ3) is 5.90. The molecule has 17 heavy (non-hydrogen) atoms. The van der Waals surface area contributed by atoms with Gasteiger partial charge in [-0.15, -0.1) is 0 Å². The number of nitrogens with one attached hydrogen (secondary N) is 1. The summed E-state index contributed by atoms with van der Waals surface area (Å²) in [5.41, 5.74) is -0.899. The van der Waals surface area contributed by atoms with Crippen LogP contribution in [0.25, 0.3) is 0 Å². The zero-order valence-corrected chi connectivity index (χ0v) is 10.6. The van der Waals surface area contributed by atoms with Crippen molar-refractivity contribution >= 4 is 18.8 Å². The molecular weight excluding hydrogens is 251 g/mol. The number of carbonyl (C=O) groups is 2. The highest BCUT2D eigenvalue weighted by atomic mass is 31.2. The van der Waals surface area contributed by atoms with E-state index in [1.54, 1.807) is 0 Å². The van der Waals surface area contributed by atoms with E-state index in [2.05, 4.69) is 5.32 Å². The predicted molar refractivity (Wildman–Crippen MR) is 58.8 cm³/mol. The Hall–Kier alpha value is -0.790. The average molecular weight is 268 g/mol. The second kappa shape index (κ2) is 6.83. The number of aliphatic hydroxyl groups is 1. The van der Waals surface area contributed by atoms with Gasteiger partial charge in [0.05, 0.1) is 25.7 Å². The van der Waals surface area contributed by atoms with E-state index in [0.29, 0.717) is 5.06 Å². The third-order valence-electron chi connectivity index (χ3n) is 1.96. The standard InChI is InChI=1S/C8H17N2O6P/c1-6(8(13)10(14)3-4-11)9-5-7(12)17(2,15)16/h6,9,11,14H,3-5H2,1-2H3,(H,15,16). The topological polar surface area (TPSA) is 127 Å². The minimum atomic E-state index is -3.81. The van der Waals surface area contributed by atoms with Crippen LogP contribution in [0, 0.1) is 0 Å². The van der Waals surface area contributed by atoms with E-state index in [1.807, 2.05) is 0 Å². The highest BCUT2D eigenvalue weighted by Gasteiger charge is 2.24. The largest absolute Gasteiger partial charge is 0.394 e. The normalized spacial score (nSPS) is 16.1. The lowest BCUT2D eigenvalue weighted by molar-refractivity contribution is -0.169. The molecule has 0 aromatic carbocycles. The Labute approximate surface area is 98.6 Å². The van der Waals surface area contributed by atoms with E-state index in [9.17, 15) is 14.2 Å². The van der Waals surface area contributed by atoms with Gasteiger partial charge in [-0.05, 0) is 6.92 Å². The minimum absolute atomic E-state index is 0.245. The van der Waals surface area contributed by atoms with Gasteiger partial charge in [0.15, 0.2) is 0 Å². The first kappa shape index (κ1) is 16.2. The van der Waals surface area contributed by atoms with Crippen molar-refractivity contribution in [1.29, 1.82) is 0 Å². The van der Waals surface area contributed by atoms with Crippen LogP contribution in [0.15, 0.2) is 0 Å². The van der Waals surface area contributed by atoms with Crippen LogP contribution in [0.5, 0.6) is 0 Å². The maximum Gasteiger partial charge on any atom is 0.262 e. The lowest BCUT2D eigenvalue weighted by atomic mass is 10.3. The van der Waals surface area contributed by atoms with Gasteiger partial charge < -0.3 is 10.00 Å². The van der Waals surface area contributed by atoms with E-state index in [-0.39, 0.29) is 6.54 Å². The molecule has 0 radical (unpaired) electrons. The van der Waals surface area contributed by atoms with Gasteiger partial charge in [0, 0.05) is 6.66 Å². The van der Waals surface area contributed by atoms with Gasteiger partial charge in [0.1, 0.15) is 0 Å². The summed E-state index contributed by atoms with van der Waals surface area (Å²) in [7, 11) is -3.81. The Bertz CT molecular complexity index is 328. The molecule has 100 valence electrons. The lowest BCUT2D eigenvalue weighted by Gasteiger charge is -2.19. The molecule has 0 bridgehead atoms. The molecule has 0 spiro atoms. The van der Waals surface area contributed by atoms with Crippen molar-refractivity contribution in [2.24, 2.45) is 0 Å². The fourth-order valence-electron chi connectivity index (χ4n) is 0.903. The van der Waals surface area contributed by atoms with E-state index >= 15 is 0 Å². The molecule has 0 saturated carbocycles. The molecule has 0 aliphatic heterocycles. The lowest BCUT2D eigenvalue weighted by Crippen LogP contribution is -2.45. The summed E-state index contributed by atoms with van der Waals surface area (Å²) in [4.78, 5) is 31.4. The number of aliphatic hydroxyl groups excluding tert-OH is 1. The highest BCUT2D eigenvalue weighted by Crippen LogP contribution is 2.35. The molecule has 0 aliphatic rings. The number of carbonyl (C=O) groups excluding carboxylic acids is 2. The molecule has 0 saturated heterocycles. The van der Waals surface area contributed by atoms with Gasteiger partial charge in [-0.1, -0.05) is 0 Å². The minimum Gasteiger partial charge on any atom is -0.394 e. The van der Waals surface area contributed by atoms with Crippen LogP contribution >= 0.6 is 7.37 Å². The van der Waals surface area contributed by atoms with E-state index < -0.39 is 38.0 Å². The quantitative estimate of drug-likeness (QED) is 0.254. The van der Waals surface area contributed by atoms with Crippen molar-refractivity contribution in [3.05, 3.63) is 0 Å². The van der Waals surface area contributed by atoms with Gasteiger partial charge >= 0.3 is 0 Å². The second-order valence-electron chi connectivity index (χ2n) is 3.56. The number of amides is 1. The number of rotatable bonds is 7. The Kier molecular flexibility index (Phi) is 6.51. The summed E-state index contributed by atoms with van der Waals surface area (Å²) in [6.45, 7) is 1.21. The summed E-state index contributed by atoms with van der Waals surface area (Å²) < 4.78 is 10.9. The summed E-state index contributed by atoms with van der Waals surface area (Å²) in [5, 5.41) is 20.3. The van der Waals surface area contributed by atoms with Crippen molar-refractivity contribution in [3.63, 3.8) is 0 Å². The Morgan fingerprint density at radius 3 is 2.41 bits per heavy atom. The second-order valence-corrected chi connectivity index (χ2v) is 5.82. The monoisotopic (exact) mass is 268 g/mol. The van der Waals surface area contributed by atoms with Crippen LogP contribution in [0.4, 0.5) is 0 Å². The average Bonchev–Trinajstić information content (AvgIpc) is 2.23. The SMILES string of the molecule is CC(NCC(=O)P(C)(=O)O)C(=O)N(O)CCO. The zero-order valence-electron chi connectivity index (χ0n) is 9.66. The van der Waals surface area contributed by atoms with Crippen LogP contribution in [0.3, 0.4) is 0 Å². The van der Waals surface area contributed by atoms with Crippen LogP contribution in [0.1, 0.15) is 6.92 Å². The van der Waals surface area contributed by atoms with Gasteiger partial charge in [0.25, 0.3) is 13.3 Å². The molecule has 4 N–H and O–H groups in total. The van der Waals surface area contributed by atoms with Crippen molar-refractivity contribution in [1.82, 2.24) is 10.4 Å².